The van der Waals surface area contributed by atoms with Gasteiger partial charge in [-0.15, -0.1) is 11.3 Å². The number of fused-ring (bicyclic) bond motifs is 6. The van der Waals surface area contributed by atoms with Crippen LogP contribution in [0.4, 0.5) is 5.82 Å². The molecule has 2 N–H and O–H groups in total. The lowest BCUT2D eigenvalue weighted by Gasteiger charge is -2.27. The molecule has 8 heteroatoms. The maximum atomic E-state index is 11.4. The smallest absolute Gasteiger partial charge is 0.306 e. The first-order valence-corrected chi connectivity index (χ1v) is 13.0. The van der Waals surface area contributed by atoms with Crippen molar-refractivity contribution in [3.63, 3.8) is 0 Å². The molecule has 0 amide bonds. The monoisotopic (exact) mass is 499 g/mol. The molecular weight excluding hydrogens is 477 g/mol. The van der Waals surface area contributed by atoms with Gasteiger partial charge in [0, 0.05) is 28.8 Å². The van der Waals surface area contributed by atoms with Gasteiger partial charge >= 0.3 is 5.97 Å². The first kappa shape index (κ1) is 21.4. The average Bonchev–Trinajstić information content (AvgIpc) is 3.37. The Labute approximate surface area is 205 Å². The highest BCUT2D eigenvalue weighted by molar-refractivity contribution is 7.19. The summed E-state index contributed by atoms with van der Waals surface area (Å²) in [7, 11) is 0. The van der Waals surface area contributed by atoms with E-state index in [9.17, 15) is 9.90 Å². The number of carboxylic acid groups (broad SMARTS) is 1. The number of aromatic nitrogens is 2. The Kier molecular flexibility index (Phi) is 5.35. The van der Waals surface area contributed by atoms with Crippen LogP contribution in [0.2, 0.25) is 10.0 Å². The minimum absolute atomic E-state index is 0.198. The summed E-state index contributed by atoms with van der Waals surface area (Å²) in [4.78, 5) is 23.9. The minimum Gasteiger partial charge on any atom is -0.481 e. The predicted octanol–water partition coefficient (Wildman–Crippen LogP) is 7.24. The molecule has 6 rings (SSSR count). The van der Waals surface area contributed by atoms with E-state index in [1.165, 1.54) is 22.4 Å². The van der Waals surface area contributed by atoms with Crippen molar-refractivity contribution in [2.75, 3.05) is 5.32 Å². The van der Waals surface area contributed by atoms with Gasteiger partial charge in [-0.2, -0.15) is 0 Å². The molecule has 0 bridgehead atoms. The molecule has 1 aromatic carbocycles. The number of aliphatic carboxylic acids is 1. The molecule has 0 radical (unpaired) electrons. The summed E-state index contributed by atoms with van der Waals surface area (Å²) >= 11 is 14.1. The number of anilines is 1. The molecule has 1 fully saturated rings. The Bertz CT molecular complexity index is 1310. The van der Waals surface area contributed by atoms with Crippen molar-refractivity contribution < 1.29 is 9.90 Å². The number of hydrogen-bond acceptors (Lipinski definition) is 5. The third-order valence-corrected chi connectivity index (χ3v) is 9.22. The largest absolute Gasteiger partial charge is 0.481 e. The van der Waals surface area contributed by atoms with E-state index in [1.54, 1.807) is 11.3 Å². The van der Waals surface area contributed by atoms with Crippen LogP contribution in [-0.4, -0.2) is 21.0 Å². The van der Waals surface area contributed by atoms with E-state index >= 15 is 0 Å². The number of hydrogen-bond donors (Lipinski definition) is 2. The Morgan fingerprint density at radius 1 is 1.12 bits per heavy atom. The van der Waals surface area contributed by atoms with Crippen LogP contribution in [0.3, 0.4) is 0 Å². The van der Waals surface area contributed by atoms with Crippen molar-refractivity contribution in [1.82, 2.24) is 9.97 Å². The zero-order chi connectivity index (χ0) is 22.7. The third kappa shape index (κ3) is 3.63. The van der Waals surface area contributed by atoms with Gasteiger partial charge in [-0.25, -0.2) is 9.97 Å². The molecule has 0 spiro atoms. The SMILES string of the molecule is O=C(O)C1CCC(c2nc(NCc3ccc(Cl)c(Cl)c3)c3c4c(sc3n2)C2CCC=C42)CC1. The summed E-state index contributed by atoms with van der Waals surface area (Å²) in [6, 6.07) is 5.66. The highest BCUT2D eigenvalue weighted by Crippen LogP contribution is 2.59. The number of rotatable bonds is 5. The summed E-state index contributed by atoms with van der Waals surface area (Å²) in [5, 5.41) is 15.1. The number of nitrogens with one attached hydrogen (secondary N) is 1. The zero-order valence-electron chi connectivity index (χ0n) is 17.9. The minimum atomic E-state index is -0.688. The second-order valence-corrected chi connectivity index (χ2v) is 11.1. The maximum absolute atomic E-state index is 11.4. The molecule has 5 nitrogen and oxygen atoms in total. The highest BCUT2D eigenvalue weighted by atomic mass is 35.5. The Balaban J connectivity index is 1.36. The molecule has 0 saturated heterocycles. The maximum Gasteiger partial charge on any atom is 0.306 e. The van der Waals surface area contributed by atoms with Gasteiger partial charge in [0.2, 0.25) is 0 Å². The second kappa shape index (κ2) is 8.26. The quantitative estimate of drug-likeness (QED) is 0.386. The Morgan fingerprint density at radius 2 is 1.94 bits per heavy atom. The lowest BCUT2D eigenvalue weighted by molar-refractivity contribution is -0.142. The zero-order valence-corrected chi connectivity index (χ0v) is 20.2. The molecule has 3 aliphatic rings. The summed E-state index contributed by atoms with van der Waals surface area (Å²) in [6.45, 7) is 0.585. The number of nitrogens with zero attached hydrogens (tertiary/aromatic N) is 2. The topological polar surface area (TPSA) is 75.1 Å². The molecule has 170 valence electrons. The normalized spacial score (nSPS) is 23.6. The molecule has 2 aromatic heterocycles. The number of thiophene rings is 1. The first-order chi connectivity index (χ1) is 16.0. The molecule has 1 saturated carbocycles. The molecule has 3 aliphatic carbocycles. The van der Waals surface area contributed by atoms with E-state index in [4.69, 9.17) is 33.2 Å². The Morgan fingerprint density at radius 3 is 2.70 bits per heavy atom. The Hall–Kier alpha value is -2.15. The van der Waals surface area contributed by atoms with Gasteiger partial charge in [0.05, 0.1) is 21.3 Å². The van der Waals surface area contributed by atoms with Crippen LogP contribution >= 0.6 is 34.5 Å². The fourth-order valence-electron chi connectivity index (χ4n) is 5.48. The van der Waals surface area contributed by atoms with Gasteiger partial charge in [-0.05, 0) is 61.8 Å². The van der Waals surface area contributed by atoms with Crippen LogP contribution in [0.5, 0.6) is 0 Å². The van der Waals surface area contributed by atoms with Crippen molar-refractivity contribution in [2.24, 2.45) is 5.92 Å². The standard InChI is InChI=1S/C25H23Cl2N3O2S/c26-17-9-4-12(10-18(17)27)11-28-23-20-19-15-2-1-3-16(15)21(19)33-24(20)30-22(29-23)13-5-7-14(8-6-13)25(31)32/h2,4,9-10,13-14,16H,1,3,5-8,11H2,(H,31,32)(H,28,29,30). The number of benzene rings is 1. The van der Waals surface area contributed by atoms with E-state index in [0.717, 1.165) is 46.7 Å². The van der Waals surface area contributed by atoms with Crippen molar-refractivity contribution in [3.8, 4) is 0 Å². The third-order valence-electron chi connectivity index (χ3n) is 7.28. The van der Waals surface area contributed by atoms with Crippen LogP contribution in [-0.2, 0) is 11.3 Å². The number of carbonyl (C=O) groups is 1. The van der Waals surface area contributed by atoms with Crippen LogP contribution in [0.25, 0.3) is 15.8 Å². The van der Waals surface area contributed by atoms with Gasteiger partial charge < -0.3 is 10.4 Å². The van der Waals surface area contributed by atoms with Crippen LogP contribution in [0, 0.1) is 5.92 Å². The molecule has 2 heterocycles. The van der Waals surface area contributed by atoms with E-state index in [1.807, 2.05) is 18.2 Å². The van der Waals surface area contributed by atoms with Crippen LogP contribution in [0.15, 0.2) is 24.3 Å². The molecule has 1 atom stereocenters. The molecular formula is C25H23Cl2N3O2S. The average molecular weight is 500 g/mol. The van der Waals surface area contributed by atoms with Crippen molar-refractivity contribution in [1.29, 1.82) is 0 Å². The van der Waals surface area contributed by atoms with Gasteiger partial charge in [0.15, 0.2) is 0 Å². The molecule has 33 heavy (non-hydrogen) atoms. The van der Waals surface area contributed by atoms with Gasteiger partial charge in [-0.1, -0.05) is 35.3 Å². The van der Waals surface area contributed by atoms with Crippen LogP contribution in [0.1, 0.15) is 72.2 Å². The summed E-state index contributed by atoms with van der Waals surface area (Å²) in [5.74, 6) is 1.53. The van der Waals surface area contributed by atoms with Crippen molar-refractivity contribution in [3.05, 3.63) is 56.1 Å². The molecule has 3 aromatic rings. The molecule has 0 aliphatic heterocycles. The summed E-state index contributed by atoms with van der Waals surface area (Å²) in [5.41, 5.74) is 3.81. The number of allylic oxidation sites excluding steroid dienone is 2. The second-order valence-electron chi connectivity index (χ2n) is 9.23. The van der Waals surface area contributed by atoms with E-state index in [0.29, 0.717) is 35.3 Å². The van der Waals surface area contributed by atoms with Crippen molar-refractivity contribution >= 4 is 62.1 Å². The predicted molar refractivity (Wildman–Crippen MR) is 133 cm³/mol. The fourth-order valence-corrected chi connectivity index (χ4v) is 7.16. The fraction of sp³-hybridized carbons (Fsp3) is 0.400. The molecule has 1 unspecified atom stereocenters. The first-order valence-electron chi connectivity index (χ1n) is 11.4. The van der Waals surface area contributed by atoms with Gasteiger partial charge in [0.25, 0.3) is 0 Å². The van der Waals surface area contributed by atoms with E-state index in [-0.39, 0.29) is 11.8 Å². The van der Waals surface area contributed by atoms with Crippen LogP contribution < -0.4 is 5.32 Å². The van der Waals surface area contributed by atoms with E-state index in [2.05, 4.69) is 11.4 Å². The van der Waals surface area contributed by atoms with Gasteiger partial charge in [0.1, 0.15) is 16.5 Å². The number of halogens is 2. The van der Waals surface area contributed by atoms with Gasteiger partial charge in [-0.3, -0.25) is 4.79 Å². The van der Waals surface area contributed by atoms with E-state index < -0.39 is 5.97 Å². The summed E-state index contributed by atoms with van der Waals surface area (Å²) in [6.07, 6.45) is 7.69. The number of carboxylic acids is 1. The lowest BCUT2D eigenvalue weighted by Crippen LogP contribution is -2.21. The lowest BCUT2D eigenvalue weighted by atomic mass is 9.79. The van der Waals surface area contributed by atoms with Crippen molar-refractivity contribution in [2.45, 2.75) is 56.9 Å². The highest BCUT2D eigenvalue weighted by Gasteiger charge is 2.40. The summed E-state index contributed by atoms with van der Waals surface area (Å²) < 4.78 is 0.